The monoisotopic (exact) mass is 292 g/mol. The third-order valence-corrected chi connectivity index (χ3v) is 4.05. The number of carboxylic acids is 1. The summed E-state index contributed by atoms with van der Waals surface area (Å²) in [6.45, 7) is 2.24. The van der Waals surface area contributed by atoms with Crippen molar-refractivity contribution in [1.29, 1.82) is 0 Å². The zero-order valence-corrected chi connectivity index (χ0v) is 12.0. The van der Waals surface area contributed by atoms with Crippen LogP contribution in [0, 0.1) is 18.8 Å². The van der Waals surface area contributed by atoms with Gasteiger partial charge >= 0.3 is 5.97 Å². The average Bonchev–Trinajstić information content (AvgIpc) is 2.45. The molecule has 1 fully saturated rings. The van der Waals surface area contributed by atoms with Gasteiger partial charge in [-0.25, -0.2) is 0 Å². The number of aliphatic carboxylic acids is 1. The van der Waals surface area contributed by atoms with Gasteiger partial charge in [0.25, 0.3) is 11.5 Å². The summed E-state index contributed by atoms with van der Waals surface area (Å²) in [7, 11) is 0. The zero-order chi connectivity index (χ0) is 15.4. The quantitative estimate of drug-likeness (QED) is 0.779. The van der Waals surface area contributed by atoms with Gasteiger partial charge in [0.15, 0.2) is 0 Å². The van der Waals surface area contributed by atoms with Crippen LogP contribution in [-0.2, 0) is 4.79 Å². The van der Waals surface area contributed by atoms with E-state index >= 15 is 0 Å². The molecule has 2 rings (SSSR count). The smallest absolute Gasteiger partial charge is 0.306 e. The molecule has 21 heavy (non-hydrogen) atoms. The largest absolute Gasteiger partial charge is 0.481 e. The molecule has 1 aliphatic rings. The fourth-order valence-corrected chi connectivity index (χ4v) is 2.70. The van der Waals surface area contributed by atoms with Crippen LogP contribution in [0.4, 0.5) is 0 Å². The number of carbonyl (C=O) groups is 2. The number of carboxylic acid groups (broad SMARTS) is 1. The van der Waals surface area contributed by atoms with Crippen LogP contribution in [0.15, 0.2) is 16.9 Å². The van der Waals surface area contributed by atoms with Crippen LogP contribution >= 0.6 is 0 Å². The van der Waals surface area contributed by atoms with Crippen LogP contribution in [0.25, 0.3) is 0 Å². The number of hydrogen-bond donors (Lipinski definition) is 3. The molecule has 1 saturated carbocycles. The molecule has 0 saturated heterocycles. The second-order valence-electron chi connectivity index (χ2n) is 5.65. The van der Waals surface area contributed by atoms with E-state index in [-0.39, 0.29) is 28.9 Å². The topological polar surface area (TPSA) is 99.3 Å². The van der Waals surface area contributed by atoms with E-state index in [0.717, 1.165) is 12.8 Å². The molecule has 1 aromatic rings. The average molecular weight is 292 g/mol. The van der Waals surface area contributed by atoms with Crippen molar-refractivity contribution in [3.8, 4) is 0 Å². The number of hydrogen-bond acceptors (Lipinski definition) is 3. The van der Waals surface area contributed by atoms with Crippen molar-refractivity contribution in [2.75, 3.05) is 6.54 Å². The van der Waals surface area contributed by atoms with E-state index in [0.29, 0.717) is 25.1 Å². The van der Waals surface area contributed by atoms with Gasteiger partial charge in [-0.3, -0.25) is 14.4 Å². The minimum absolute atomic E-state index is 0.111. The molecule has 3 N–H and O–H groups in total. The Morgan fingerprint density at radius 2 is 1.95 bits per heavy atom. The van der Waals surface area contributed by atoms with Crippen molar-refractivity contribution in [2.24, 2.45) is 11.8 Å². The molecule has 1 amide bonds. The van der Waals surface area contributed by atoms with Crippen LogP contribution in [-0.4, -0.2) is 28.5 Å². The van der Waals surface area contributed by atoms with E-state index in [1.807, 2.05) is 0 Å². The summed E-state index contributed by atoms with van der Waals surface area (Å²) >= 11 is 0. The van der Waals surface area contributed by atoms with E-state index < -0.39 is 5.97 Å². The summed E-state index contributed by atoms with van der Waals surface area (Å²) in [4.78, 5) is 37.1. The van der Waals surface area contributed by atoms with Gasteiger partial charge in [0, 0.05) is 12.2 Å². The maximum absolute atomic E-state index is 12.0. The van der Waals surface area contributed by atoms with Crippen LogP contribution in [0.1, 0.15) is 41.7 Å². The first-order valence-electron chi connectivity index (χ1n) is 7.18. The summed E-state index contributed by atoms with van der Waals surface area (Å²) in [5.74, 6) is -1.08. The van der Waals surface area contributed by atoms with Crippen LogP contribution in [0.5, 0.6) is 0 Å². The third kappa shape index (κ3) is 3.93. The molecule has 0 bridgehead atoms. The first kappa shape index (κ1) is 15.3. The number of carbonyl (C=O) groups excluding carboxylic acids is 1. The van der Waals surface area contributed by atoms with Gasteiger partial charge in [-0.15, -0.1) is 0 Å². The van der Waals surface area contributed by atoms with Gasteiger partial charge in [-0.05, 0) is 50.7 Å². The zero-order valence-electron chi connectivity index (χ0n) is 12.0. The number of pyridine rings is 1. The predicted molar refractivity (Wildman–Crippen MR) is 77.2 cm³/mol. The van der Waals surface area contributed by atoms with Crippen molar-refractivity contribution in [1.82, 2.24) is 10.3 Å². The van der Waals surface area contributed by atoms with Gasteiger partial charge in [0.1, 0.15) is 5.56 Å². The molecular weight excluding hydrogens is 272 g/mol. The van der Waals surface area contributed by atoms with E-state index in [9.17, 15) is 14.4 Å². The van der Waals surface area contributed by atoms with Crippen molar-refractivity contribution >= 4 is 11.9 Å². The molecule has 6 heteroatoms. The highest BCUT2D eigenvalue weighted by molar-refractivity contribution is 5.93. The Hall–Kier alpha value is -2.11. The molecule has 0 unspecified atom stereocenters. The van der Waals surface area contributed by atoms with Gasteiger partial charge in [-0.1, -0.05) is 0 Å². The number of aromatic amines is 1. The molecular formula is C15H20N2O4. The van der Waals surface area contributed by atoms with E-state index in [1.165, 1.54) is 6.07 Å². The highest BCUT2D eigenvalue weighted by atomic mass is 16.4. The Morgan fingerprint density at radius 3 is 2.52 bits per heavy atom. The first-order chi connectivity index (χ1) is 9.97. The highest BCUT2D eigenvalue weighted by Crippen LogP contribution is 2.28. The van der Waals surface area contributed by atoms with Crippen molar-refractivity contribution in [2.45, 2.75) is 32.6 Å². The maximum atomic E-state index is 12.0. The lowest BCUT2D eigenvalue weighted by Gasteiger charge is -2.26. The fraction of sp³-hybridized carbons (Fsp3) is 0.533. The normalized spacial score (nSPS) is 21.8. The minimum Gasteiger partial charge on any atom is -0.481 e. The summed E-state index contributed by atoms with van der Waals surface area (Å²) in [5.41, 5.74) is 0.436. The Labute approximate surface area is 122 Å². The van der Waals surface area contributed by atoms with Crippen molar-refractivity contribution in [3.05, 3.63) is 33.7 Å². The molecule has 6 nitrogen and oxygen atoms in total. The molecule has 0 radical (unpaired) electrons. The number of aryl methyl sites for hydroxylation is 1. The minimum atomic E-state index is -0.733. The number of H-pyrrole nitrogens is 1. The van der Waals surface area contributed by atoms with Gasteiger partial charge in [-0.2, -0.15) is 0 Å². The van der Waals surface area contributed by atoms with Crippen LogP contribution in [0.2, 0.25) is 0 Å². The lowest BCUT2D eigenvalue weighted by atomic mass is 9.82. The van der Waals surface area contributed by atoms with Crippen molar-refractivity contribution in [3.63, 3.8) is 0 Å². The van der Waals surface area contributed by atoms with Crippen LogP contribution in [0.3, 0.4) is 0 Å². The lowest BCUT2D eigenvalue weighted by Crippen LogP contribution is -2.35. The molecule has 114 valence electrons. The number of rotatable bonds is 4. The summed E-state index contributed by atoms with van der Waals surface area (Å²) in [6, 6.07) is 3.21. The van der Waals surface area contributed by atoms with Crippen molar-refractivity contribution < 1.29 is 14.7 Å². The van der Waals surface area contributed by atoms with Gasteiger partial charge in [0.05, 0.1) is 5.92 Å². The van der Waals surface area contributed by atoms with Gasteiger partial charge in [0.2, 0.25) is 0 Å². The third-order valence-electron chi connectivity index (χ3n) is 4.05. The fourth-order valence-electron chi connectivity index (χ4n) is 2.70. The molecule has 1 aromatic heterocycles. The Kier molecular flexibility index (Phi) is 4.77. The predicted octanol–water partition coefficient (Wildman–Crippen LogP) is 1.30. The van der Waals surface area contributed by atoms with Gasteiger partial charge < -0.3 is 15.4 Å². The highest BCUT2D eigenvalue weighted by Gasteiger charge is 2.26. The molecule has 1 aliphatic carbocycles. The van der Waals surface area contributed by atoms with E-state index in [4.69, 9.17) is 5.11 Å². The lowest BCUT2D eigenvalue weighted by molar-refractivity contribution is -0.143. The molecule has 1 heterocycles. The first-order valence-corrected chi connectivity index (χ1v) is 7.18. The Balaban J connectivity index is 1.85. The van der Waals surface area contributed by atoms with E-state index in [2.05, 4.69) is 10.3 Å². The maximum Gasteiger partial charge on any atom is 0.306 e. The SMILES string of the molecule is Cc1ccc(C(=O)NCC2CCC(C(=O)O)CC2)c(=O)[nH]1. The summed E-state index contributed by atoms with van der Waals surface area (Å²) < 4.78 is 0. The number of nitrogens with one attached hydrogen (secondary N) is 2. The van der Waals surface area contributed by atoms with Crippen LogP contribution < -0.4 is 10.9 Å². The second kappa shape index (κ2) is 6.56. The Morgan fingerprint density at radius 1 is 1.29 bits per heavy atom. The number of aromatic nitrogens is 1. The standard InChI is InChI=1S/C15H20N2O4/c1-9-2-7-12(14(19)17-9)13(18)16-8-10-3-5-11(6-4-10)15(20)21/h2,7,10-11H,3-6,8H2,1H3,(H,16,18)(H,17,19)(H,20,21). The molecule has 0 aromatic carbocycles. The second-order valence-corrected chi connectivity index (χ2v) is 5.65. The Bertz CT molecular complexity index is 586. The summed E-state index contributed by atoms with van der Waals surface area (Å²) in [6.07, 6.45) is 2.89. The molecule has 0 atom stereocenters. The number of amides is 1. The molecule has 0 spiro atoms. The van der Waals surface area contributed by atoms with E-state index in [1.54, 1.807) is 13.0 Å². The summed E-state index contributed by atoms with van der Waals surface area (Å²) in [5, 5.41) is 11.7. The molecule has 0 aliphatic heterocycles.